The van der Waals surface area contributed by atoms with E-state index >= 15 is 0 Å². The summed E-state index contributed by atoms with van der Waals surface area (Å²) in [6.45, 7) is 0. The van der Waals surface area contributed by atoms with E-state index in [0.29, 0.717) is 5.75 Å². The average Bonchev–Trinajstić information content (AvgIpc) is 3.04. The number of ether oxygens (including phenoxy) is 1. The molecule has 126 valence electrons. The summed E-state index contributed by atoms with van der Waals surface area (Å²) in [5, 5.41) is 8.10. The van der Waals surface area contributed by atoms with Crippen LogP contribution in [0, 0.1) is 0 Å². The van der Waals surface area contributed by atoms with E-state index in [-0.39, 0.29) is 11.4 Å². The van der Waals surface area contributed by atoms with Gasteiger partial charge in [-0.1, -0.05) is 30.3 Å². The highest BCUT2D eigenvalue weighted by molar-refractivity contribution is 5.98. The van der Waals surface area contributed by atoms with Crippen LogP contribution in [0.3, 0.4) is 0 Å². The van der Waals surface area contributed by atoms with Gasteiger partial charge in [0.1, 0.15) is 17.1 Å². The summed E-state index contributed by atoms with van der Waals surface area (Å²) in [6, 6.07) is 16.7. The first kappa shape index (κ1) is 16.3. The maximum atomic E-state index is 12.2. The fourth-order valence-electron chi connectivity index (χ4n) is 2.26. The minimum atomic E-state index is -0.432. The summed E-state index contributed by atoms with van der Waals surface area (Å²) in [5.41, 5.74) is 10.3. The van der Waals surface area contributed by atoms with Gasteiger partial charge in [0.2, 0.25) is 0 Å². The molecule has 0 unspecified atom stereocenters. The lowest BCUT2D eigenvalue weighted by Gasteiger charge is -2.04. The number of hydrogen-bond donors (Lipinski definition) is 2. The predicted octanol–water partition coefficient (Wildman–Crippen LogP) is 2.23. The monoisotopic (exact) mass is 335 g/mol. The van der Waals surface area contributed by atoms with Crippen molar-refractivity contribution in [3.63, 3.8) is 0 Å². The molecule has 7 heteroatoms. The normalized spacial score (nSPS) is 10.8. The van der Waals surface area contributed by atoms with Crippen molar-refractivity contribution in [2.24, 2.45) is 5.10 Å². The second-order valence-electron chi connectivity index (χ2n) is 5.17. The fraction of sp³-hybridized carbons (Fsp3) is 0.0556. The van der Waals surface area contributed by atoms with E-state index in [1.165, 1.54) is 17.1 Å². The standard InChI is InChI=1S/C18H17N5O2/c1-25-15-9-5-6-13(10-15)11-20-22-18(24)16-12-21-23(17(16)19)14-7-3-2-4-8-14/h2-12H,19H2,1H3,(H,22,24). The number of benzene rings is 2. The molecule has 3 N–H and O–H groups in total. The van der Waals surface area contributed by atoms with Gasteiger partial charge in [-0.05, 0) is 29.8 Å². The highest BCUT2D eigenvalue weighted by Gasteiger charge is 2.15. The lowest BCUT2D eigenvalue weighted by atomic mass is 10.2. The number of nitrogens with one attached hydrogen (secondary N) is 1. The third kappa shape index (κ3) is 3.66. The van der Waals surface area contributed by atoms with Crippen molar-refractivity contribution in [3.05, 3.63) is 71.9 Å². The fourth-order valence-corrected chi connectivity index (χ4v) is 2.26. The number of hydrogen-bond acceptors (Lipinski definition) is 5. The summed E-state index contributed by atoms with van der Waals surface area (Å²) in [5.74, 6) is 0.530. The number of para-hydroxylation sites is 1. The number of amides is 1. The van der Waals surface area contributed by atoms with Crippen LogP contribution in [0.4, 0.5) is 5.82 Å². The highest BCUT2D eigenvalue weighted by Crippen LogP contribution is 2.16. The first-order chi connectivity index (χ1) is 12.2. The van der Waals surface area contributed by atoms with Crippen molar-refractivity contribution in [1.29, 1.82) is 0 Å². The summed E-state index contributed by atoms with van der Waals surface area (Å²) in [7, 11) is 1.59. The quantitative estimate of drug-likeness (QED) is 0.552. The number of carbonyl (C=O) groups is 1. The van der Waals surface area contributed by atoms with Crippen LogP contribution in [-0.4, -0.2) is 29.0 Å². The zero-order chi connectivity index (χ0) is 17.6. The molecule has 0 aliphatic rings. The van der Waals surface area contributed by atoms with Gasteiger partial charge in [-0.2, -0.15) is 10.2 Å². The number of nitrogen functional groups attached to an aromatic ring is 1. The molecule has 0 fully saturated rings. The van der Waals surface area contributed by atoms with E-state index in [1.54, 1.807) is 13.2 Å². The molecule has 0 bridgehead atoms. The van der Waals surface area contributed by atoms with Gasteiger partial charge in [0.15, 0.2) is 0 Å². The largest absolute Gasteiger partial charge is 0.497 e. The first-order valence-electron chi connectivity index (χ1n) is 7.55. The lowest BCUT2D eigenvalue weighted by molar-refractivity contribution is 0.0956. The Bertz CT molecular complexity index is 903. The number of nitrogens with two attached hydrogens (primary N) is 1. The summed E-state index contributed by atoms with van der Waals surface area (Å²) < 4.78 is 6.64. The number of anilines is 1. The minimum Gasteiger partial charge on any atom is -0.497 e. The molecule has 0 atom stereocenters. The number of rotatable bonds is 5. The first-order valence-corrected chi connectivity index (χ1v) is 7.55. The smallest absolute Gasteiger partial charge is 0.276 e. The Morgan fingerprint density at radius 3 is 2.80 bits per heavy atom. The van der Waals surface area contributed by atoms with Crippen LogP contribution in [0.5, 0.6) is 5.75 Å². The molecule has 0 saturated carbocycles. The Balaban J connectivity index is 1.72. The Labute approximate surface area is 144 Å². The van der Waals surface area contributed by atoms with Crippen LogP contribution in [0.1, 0.15) is 15.9 Å². The number of hydrazone groups is 1. The van der Waals surface area contributed by atoms with Crippen LogP contribution in [0.25, 0.3) is 5.69 Å². The molecule has 3 rings (SSSR count). The van der Waals surface area contributed by atoms with Gasteiger partial charge in [0.25, 0.3) is 5.91 Å². The van der Waals surface area contributed by atoms with E-state index in [1.807, 2.05) is 48.5 Å². The number of nitrogens with zero attached hydrogens (tertiary/aromatic N) is 3. The molecule has 1 heterocycles. The maximum Gasteiger partial charge on any atom is 0.276 e. The second-order valence-corrected chi connectivity index (χ2v) is 5.17. The summed E-state index contributed by atoms with van der Waals surface area (Å²) in [4.78, 5) is 12.2. The number of carbonyl (C=O) groups excluding carboxylic acids is 1. The van der Waals surface area contributed by atoms with E-state index in [2.05, 4.69) is 15.6 Å². The van der Waals surface area contributed by atoms with Crippen molar-refractivity contribution in [1.82, 2.24) is 15.2 Å². The Morgan fingerprint density at radius 1 is 1.24 bits per heavy atom. The van der Waals surface area contributed by atoms with Crippen molar-refractivity contribution >= 4 is 17.9 Å². The average molecular weight is 335 g/mol. The van der Waals surface area contributed by atoms with Crippen LogP contribution in [-0.2, 0) is 0 Å². The Morgan fingerprint density at radius 2 is 2.04 bits per heavy atom. The summed E-state index contributed by atoms with van der Waals surface area (Å²) in [6.07, 6.45) is 2.94. The second kappa shape index (κ2) is 7.31. The van der Waals surface area contributed by atoms with Crippen LogP contribution in [0.15, 0.2) is 65.9 Å². The molecule has 25 heavy (non-hydrogen) atoms. The van der Waals surface area contributed by atoms with Crippen molar-refractivity contribution < 1.29 is 9.53 Å². The zero-order valence-corrected chi connectivity index (χ0v) is 13.6. The van der Waals surface area contributed by atoms with E-state index in [0.717, 1.165) is 11.3 Å². The molecule has 2 aromatic carbocycles. The molecule has 0 spiro atoms. The molecule has 3 aromatic rings. The molecule has 0 radical (unpaired) electrons. The van der Waals surface area contributed by atoms with Gasteiger partial charge in [-0.15, -0.1) is 0 Å². The van der Waals surface area contributed by atoms with Gasteiger partial charge in [0.05, 0.1) is 25.2 Å². The van der Waals surface area contributed by atoms with E-state index < -0.39 is 5.91 Å². The zero-order valence-electron chi connectivity index (χ0n) is 13.6. The summed E-state index contributed by atoms with van der Waals surface area (Å²) >= 11 is 0. The Hall–Kier alpha value is -3.61. The topological polar surface area (TPSA) is 94.5 Å². The third-order valence-corrected chi connectivity index (χ3v) is 3.53. The van der Waals surface area contributed by atoms with Gasteiger partial charge in [0, 0.05) is 0 Å². The Kier molecular flexibility index (Phi) is 4.75. The molecule has 7 nitrogen and oxygen atoms in total. The van der Waals surface area contributed by atoms with Gasteiger partial charge >= 0.3 is 0 Å². The van der Waals surface area contributed by atoms with Gasteiger partial charge in [-0.25, -0.2) is 10.1 Å². The molecule has 1 aromatic heterocycles. The highest BCUT2D eigenvalue weighted by atomic mass is 16.5. The van der Waals surface area contributed by atoms with Crippen LogP contribution in [0.2, 0.25) is 0 Å². The van der Waals surface area contributed by atoms with Crippen molar-refractivity contribution in [2.75, 3.05) is 12.8 Å². The lowest BCUT2D eigenvalue weighted by Crippen LogP contribution is -2.18. The number of methoxy groups -OCH3 is 1. The van der Waals surface area contributed by atoms with E-state index in [9.17, 15) is 4.79 Å². The minimum absolute atomic E-state index is 0.250. The number of aromatic nitrogens is 2. The molecule has 0 saturated heterocycles. The maximum absolute atomic E-state index is 12.2. The molecule has 0 aliphatic carbocycles. The predicted molar refractivity (Wildman–Crippen MR) is 96.0 cm³/mol. The van der Waals surface area contributed by atoms with Crippen LogP contribution < -0.4 is 15.9 Å². The molecular weight excluding hydrogens is 318 g/mol. The molecule has 1 amide bonds. The van der Waals surface area contributed by atoms with Crippen molar-refractivity contribution in [2.45, 2.75) is 0 Å². The van der Waals surface area contributed by atoms with E-state index in [4.69, 9.17) is 10.5 Å². The van der Waals surface area contributed by atoms with Crippen LogP contribution >= 0.6 is 0 Å². The van der Waals surface area contributed by atoms with Gasteiger partial charge < -0.3 is 10.5 Å². The van der Waals surface area contributed by atoms with Crippen molar-refractivity contribution in [3.8, 4) is 11.4 Å². The van der Waals surface area contributed by atoms with Gasteiger partial charge in [-0.3, -0.25) is 4.79 Å². The molecular formula is C18H17N5O2. The SMILES string of the molecule is COc1cccc(C=NNC(=O)c2cnn(-c3ccccc3)c2N)c1. The molecule has 0 aliphatic heterocycles. The third-order valence-electron chi connectivity index (χ3n) is 3.53.